The SMILES string of the molecule is Cc1ccc([N+]2=Cc3c(c4ccccc4n3C)CC2)cc1.[Br-]. The Labute approximate surface area is 141 Å². The van der Waals surface area contributed by atoms with Crippen molar-refractivity contribution >= 4 is 22.8 Å². The highest BCUT2D eigenvalue weighted by atomic mass is 79.9. The Kier molecular flexibility index (Phi) is 3.92. The van der Waals surface area contributed by atoms with Gasteiger partial charge in [0.15, 0.2) is 12.8 Å². The lowest BCUT2D eigenvalue weighted by molar-refractivity contribution is -0.436. The van der Waals surface area contributed by atoms with E-state index in [-0.39, 0.29) is 17.0 Å². The number of aryl methyl sites for hydroxylation is 2. The van der Waals surface area contributed by atoms with Crippen LogP contribution in [0.4, 0.5) is 5.69 Å². The topological polar surface area (TPSA) is 7.94 Å². The Morgan fingerprint density at radius 2 is 1.73 bits per heavy atom. The first kappa shape index (κ1) is 15.0. The number of aromatic nitrogens is 1. The molecule has 0 spiro atoms. The van der Waals surface area contributed by atoms with Crippen molar-refractivity contribution in [2.75, 3.05) is 6.54 Å². The summed E-state index contributed by atoms with van der Waals surface area (Å²) in [4.78, 5) is 0. The molecule has 0 saturated carbocycles. The third kappa shape index (κ3) is 2.30. The van der Waals surface area contributed by atoms with E-state index in [0.29, 0.717) is 0 Å². The van der Waals surface area contributed by atoms with Gasteiger partial charge in [-0.3, -0.25) is 0 Å². The third-order valence-corrected chi connectivity index (χ3v) is 4.51. The maximum Gasteiger partial charge on any atom is 0.205 e. The first-order chi connectivity index (χ1) is 10.2. The molecule has 0 amide bonds. The van der Waals surface area contributed by atoms with Crippen LogP contribution >= 0.6 is 0 Å². The summed E-state index contributed by atoms with van der Waals surface area (Å²) >= 11 is 0. The molecular formula is C19H19BrN2. The zero-order valence-electron chi connectivity index (χ0n) is 12.9. The molecule has 0 atom stereocenters. The van der Waals surface area contributed by atoms with Gasteiger partial charge in [0.2, 0.25) is 5.69 Å². The van der Waals surface area contributed by atoms with E-state index < -0.39 is 0 Å². The van der Waals surface area contributed by atoms with Gasteiger partial charge in [-0.05, 0) is 18.6 Å². The predicted octanol–water partition coefficient (Wildman–Crippen LogP) is 0.810. The first-order valence-corrected chi connectivity index (χ1v) is 7.48. The highest BCUT2D eigenvalue weighted by molar-refractivity contribution is 5.94. The lowest BCUT2D eigenvalue weighted by Crippen LogP contribution is -3.00. The van der Waals surface area contributed by atoms with Gasteiger partial charge >= 0.3 is 0 Å². The largest absolute Gasteiger partial charge is 1.00 e. The number of benzene rings is 2. The van der Waals surface area contributed by atoms with E-state index in [1.807, 2.05) is 0 Å². The summed E-state index contributed by atoms with van der Waals surface area (Å²) in [7, 11) is 2.16. The fraction of sp³-hybridized carbons (Fsp3) is 0.211. The molecule has 2 nitrogen and oxygen atoms in total. The number of halogens is 1. The molecule has 1 aliphatic heterocycles. The van der Waals surface area contributed by atoms with Crippen LogP contribution < -0.4 is 17.0 Å². The molecule has 0 unspecified atom stereocenters. The van der Waals surface area contributed by atoms with Crippen LogP contribution in [0.3, 0.4) is 0 Å². The summed E-state index contributed by atoms with van der Waals surface area (Å²) in [5, 5.41) is 1.40. The average Bonchev–Trinajstić information content (AvgIpc) is 2.81. The summed E-state index contributed by atoms with van der Waals surface area (Å²) in [6.07, 6.45) is 3.39. The Balaban J connectivity index is 0.00000144. The molecule has 22 heavy (non-hydrogen) atoms. The number of para-hydroxylation sites is 1. The summed E-state index contributed by atoms with van der Waals surface area (Å²) in [6.45, 7) is 3.18. The number of hydrogen-bond acceptors (Lipinski definition) is 0. The minimum Gasteiger partial charge on any atom is -1.00 e. The van der Waals surface area contributed by atoms with Crippen molar-refractivity contribution in [3.63, 3.8) is 0 Å². The molecule has 0 radical (unpaired) electrons. The van der Waals surface area contributed by atoms with E-state index in [9.17, 15) is 0 Å². The van der Waals surface area contributed by atoms with Crippen molar-refractivity contribution in [2.45, 2.75) is 13.3 Å². The van der Waals surface area contributed by atoms with Crippen LogP contribution in [-0.4, -0.2) is 21.9 Å². The van der Waals surface area contributed by atoms with Gasteiger partial charge in [0.05, 0.1) is 0 Å². The fourth-order valence-corrected chi connectivity index (χ4v) is 3.30. The second-order valence-corrected chi connectivity index (χ2v) is 5.85. The minimum absolute atomic E-state index is 0. The zero-order chi connectivity index (χ0) is 14.4. The van der Waals surface area contributed by atoms with Crippen molar-refractivity contribution in [3.05, 3.63) is 65.4 Å². The second-order valence-electron chi connectivity index (χ2n) is 5.85. The normalized spacial score (nSPS) is 13.5. The van der Waals surface area contributed by atoms with Crippen LogP contribution in [0.15, 0.2) is 48.5 Å². The maximum atomic E-state index is 2.36. The predicted molar refractivity (Wildman–Crippen MR) is 87.8 cm³/mol. The van der Waals surface area contributed by atoms with Crippen molar-refractivity contribution in [1.82, 2.24) is 4.57 Å². The molecule has 2 heterocycles. The Hall–Kier alpha value is -1.87. The number of nitrogens with zero attached hydrogens (tertiary/aromatic N) is 2. The third-order valence-electron chi connectivity index (χ3n) is 4.51. The summed E-state index contributed by atoms with van der Waals surface area (Å²) < 4.78 is 4.67. The Morgan fingerprint density at radius 3 is 2.50 bits per heavy atom. The van der Waals surface area contributed by atoms with Crippen LogP contribution in [0.5, 0.6) is 0 Å². The fourth-order valence-electron chi connectivity index (χ4n) is 3.30. The molecular weight excluding hydrogens is 336 g/mol. The lowest BCUT2D eigenvalue weighted by atomic mass is 10.0. The number of fused-ring (bicyclic) bond motifs is 3. The average molecular weight is 355 g/mol. The zero-order valence-corrected chi connectivity index (χ0v) is 14.5. The van der Waals surface area contributed by atoms with Crippen LogP contribution in [0.25, 0.3) is 10.9 Å². The summed E-state index contributed by atoms with van der Waals surface area (Å²) in [6, 6.07) is 17.5. The van der Waals surface area contributed by atoms with Gasteiger partial charge in [-0.2, -0.15) is 4.58 Å². The van der Waals surface area contributed by atoms with Crippen molar-refractivity contribution in [3.8, 4) is 0 Å². The van der Waals surface area contributed by atoms with E-state index in [1.165, 1.54) is 33.4 Å². The van der Waals surface area contributed by atoms with Crippen molar-refractivity contribution < 1.29 is 21.6 Å². The van der Waals surface area contributed by atoms with Gasteiger partial charge in [0, 0.05) is 36.5 Å². The molecule has 3 aromatic rings. The van der Waals surface area contributed by atoms with Crippen molar-refractivity contribution in [1.29, 1.82) is 0 Å². The summed E-state index contributed by atoms with van der Waals surface area (Å²) in [5.41, 5.74) is 6.72. The molecule has 0 N–H and O–H groups in total. The second kappa shape index (κ2) is 5.73. The van der Waals surface area contributed by atoms with Gasteiger partial charge in [0.1, 0.15) is 5.69 Å². The van der Waals surface area contributed by atoms with Crippen LogP contribution in [0, 0.1) is 6.92 Å². The monoisotopic (exact) mass is 354 g/mol. The molecule has 2 aromatic carbocycles. The van der Waals surface area contributed by atoms with Gasteiger partial charge in [-0.1, -0.05) is 35.9 Å². The molecule has 3 heteroatoms. The van der Waals surface area contributed by atoms with Crippen LogP contribution in [0.1, 0.15) is 16.8 Å². The molecule has 0 bridgehead atoms. The van der Waals surface area contributed by atoms with E-state index in [1.54, 1.807) is 0 Å². The van der Waals surface area contributed by atoms with Gasteiger partial charge in [0.25, 0.3) is 0 Å². The van der Waals surface area contributed by atoms with E-state index in [4.69, 9.17) is 0 Å². The molecule has 1 aromatic heterocycles. The molecule has 112 valence electrons. The lowest BCUT2D eigenvalue weighted by Gasteiger charge is -2.10. The minimum atomic E-state index is 0. The maximum absolute atomic E-state index is 2.36. The molecule has 4 rings (SSSR count). The molecule has 1 aliphatic rings. The van der Waals surface area contributed by atoms with Crippen LogP contribution in [0.2, 0.25) is 0 Å². The van der Waals surface area contributed by atoms with Gasteiger partial charge in [-0.25, -0.2) is 0 Å². The standard InChI is InChI=1S/C19H19N2.BrH/c1-14-7-9-15(10-8-14)21-12-11-17-16-5-3-4-6-18(16)20(2)19(17)13-21;/h3-10,13H,11-12H2,1-2H3;1H/q+1;/p-1. The Morgan fingerprint density at radius 1 is 1.00 bits per heavy atom. The summed E-state index contributed by atoms with van der Waals surface area (Å²) in [5.74, 6) is 0. The van der Waals surface area contributed by atoms with Gasteiger partial charge in [-0.15, -0.1) is 0 Å². The quantitative estimate of drug-likeness (QED) is 0.571. The molecule has 0 fully saturated rings. The molecule has 0 aliphatic carbocycles. The van der Waals surface area contributed by atoms with E-state index in [0.717, 1.165) is 13.0 Å². The number of rotatable bonds is 1. The first-order valence-electron chi connectivity index (χ1n) is 7.48. The highest BCUT2D eigenvalue weighted by Gasteiger charge is 2.23. The number of hydrogen-bond donors (Lipinski definition) is 0. The van der Waals surface area contributed by atoms with E-state index in [2.05, 4.69) is 77.9 Å². The Bertz CT molecular complexity index is 857. The molecule has 0 saturated heterocycles. The van der Waals surface area contributed by atoms with E-state index >= 15 is 0 Å². The van der Waals surface area contributed by atoms with Crippen molar-refractivity contribution in [2.24, 2.45) is 7.05 Å². The highest BCUT2D eigenvalue weighted by Crippen LogP contribution is 2.28. The smallest absolute Gasteiger partial charge is 0.205 e. The van der Waals surface area contributed by atoms with Gasteiger partial charge < -0.3 is 21.5 Å². The van der Waals surface area contributed by atoms with Crippen LogP contribution in [-0.2, 0) is 13.5 Å².